The molecule has 16 heteroatoms. The Labute approximate surface area is 294 Å². The second-order valence-electron chi connectivity index (χ2n) is 15.0. The van der Waals surface area contributed by atoms with Gasteiger partial charge in [0.25, 0.3) is 0 Å². The monoisotopic (exact) mass is 721 g/mol. The normalized spacial score (nSPS) is 22.9. The summed E-state index contributed by atoms with van der Waals surface area (Å²) >= 11 is 0. The summed E-state index contributed by atoms with van der Waals surface area (Å²) in [5.41, 5.74) is 4.37. The smallest absolute Gasteiger partial charge is 0.417 e. The van der Waals surface area contributed by atoms with Gasteiger partial charge in [0.15, 0.2) is 5.82 Å². The molecule has 2 saturated heterocycles. The minimum Gasteiger partial charge on any atom is -0.475 e. The molecule has 3 atom stereocenters. The fraction of sp³-hybridized carbons (Fsp3) is 0.472. The lowest BCUT2D eigenvalue weighted by Crippen LogP contribution is -2.43. The molecule has 5 aromatic rings. The summed E-state index contributed by atoms with van der Waals surface area (Å²) in [4.78, 5) is 22.1. The Morgan fingerprint density at radius 3 is 2.71 bits per heavy atom. The molecule has 1 aromatic carbocycles. The Bertz CT molecular complexity index is 2280. The fourth-order valence-electron chi connectivity index (χ4n) is 8.99. The first-order valence-electron chi connectivity index (χ1n) is 17.4. The topological polar surface area (TPSA) is 131 Å². The van der Waals surface area contributed by atoms with Crippen molar-refractivity contribution in [2.75, 3.05) is 36.9 Å². The number of hydrogen-bond donors (Lipinski definition) is 2. The van der Waals surface area contributed by atoms with E-state index in [-0.39, 0.29) is 69.6 Å². The van der Waals surface area contributed by atoms with Gasteiger partial charge in [-0.3, -0.25) is 10.00 Å². The van der Waals surface area contributed by atoms with Crippen LogP contribution in [0, 0.1) is 24.0 Å². The average molecular weight is 722 g/mol. The number of ether oxygens (including phenoxy) is 2. The Hall–Kier alpha value is -4.86. The summed E-state index contributed by atoms with van der Waals surface area (Å²) < 4.78 is 88.7. The lowest BCUT2D eigenvalue weighted by molar-refractivity contribution is -0.137. The highest BCUT2D eigenvalue weighted by atomic mass is 19.4. The van der Waals surface area contributed by atoms with E-state index in [1.54, 1.807) is 11.8 Å². The van der Waals surface area contributed by atoms with Crippen molar-refractivity contribution in [3.05, 3.63) is 52.9 Å². The first-order chi connectivity index (χ1) is 24.8. The fourth-order valence-corrected chi connectivity index (χ4v) is 8.99. The summed E-state index contributed by atoms with van der Waals surface area (Å²) in [5.74, 6) is -1.61. The highest BCUT2D eigenvalue weighted by Crippen LogP contribution is 2.60. The summed E-state index contributed by atoms with van der Waals surface area (Å²) in [7, 11) is 0. The van der Waals surface area contributed by atoms with Crippen LogP contribution in [0.3, 0.4) is 0 Å². The zero-order chi connectivity index (χ0) is 36.3. The largest absolute Gasteiger partial charge is 0.475 e. The number of alkyl halides is 3. The summed E-state index contributed by atoms with van der Waals surface area (Å²) in [6, 6.07) is 1.28. The van der Waals surface area contributed by atoms with Gasteiger partial charge in [-0.15, -0.1) is 0 Å². The number of nitrogen functional groups attached to an aromatic ring is 1. The van der Waals surface area contributed by atoms with Crippen molar-refractivity contribution >= 4 is 33.4 Å². The van der Waals surface area contributed by atoms with E-state index in [1.165, 1.54) is 38.1 Å². The maximum absolute atomic E-state index is 17.3. The zero-order valence-electron chi connectivity index (χ0n) is 28.7. The number of pyridine rings is 2. The van der Waals surface area contributed by atoms with Crippen LogP contribution in [0.2, 0.25) is 0 Å². The number of halogens is 5. The van der Waals surface area contributed by atoms with Crippen molar-refractivity contribution in [2.24, 2.45) is 5.41 Å². The molecule has 272 valence electrons. The lowest BCUT2D eigenvalue weighted by atomic mass is 9.89. The zero-order valence-corrected chi connectivity index (χ0v) is 28.7. The second kappa shape index (κ2) is 11.3. The second-order valence-corrected chi connectivity index (χ2v) is 15.0. The van der Waals surface area contributed by atoms with E-state index in [2.05, 4.69) is 30.0 Å². The number of anilines is 2. The third-order valence-corrected chi connectivity index (χ3v) is 11.5. The van der Waals surface area contributed by atoms with E-state index in [4.69, 9.17) is 20.2 Å². The first kappa shape index (κ1) is 33.0. The van der Waals surface area contributed by atoms with Crippen LogP contribution in [0.15, 0.2) is 24.5 Å². The number of hydrogen-bond acceptors (Lipinski definition) is 10. The minimum absolute atomic E-state index is 0.0311. The maximum Gasteiger partial charge on any atom is 0.417 e. The number of aromatic nitrogens is 6. The molecule has 11 nitrogen and oxygen atoms in total. The van der Waals surface area contributed by atoms with Gasteiger partial charge in [0.05, 0.1) is 41.1 Å². The van der Waals surface area contributed by atoms with Gasteiger partial charge in [0, 0.05) is 23.1 Å². The quantitative estimate of drug-likeness (QED) is 0.179. The molecule has 3 N–H and O–H groups in total. The highest BCUT2D eigenvalue weighted by molar-refractivity contribution is 6.02. The van der Waals surface area contributed by atoms with Crippen molar-refractivity contribution in [2.45, 2.75) is 76.7 Å². The van der Waals surface area contributed by atoms with Gasteiger partial charge in [-0.1, -0.05) is 0 Å². The number of fused-ring (bicyclic) bond motifs is 2. The van der Waals surface area contributed by atoms with Crippen LogP contribution in [0.4, 0.5) is 33.6 Å². The molecule has 1 saturated carbocycles. The number of rotatable bonds is 6. The Kier molecular flexibility index (Phi) is 7.18. The molecule has 2 unspecified atom stereocenters. The maximum atomic E-state index is 17.3. The van der Waals surface area contributed by atoms with Crippen molar-refractivity contribution in [1.82, 2.24) is 35.0 Å². The summed E-state index contributed by atoms with van der Waals surface area (Å²) in [6.45, 7) is 7.12. The van der Waals surface area contributed by atoms with E-state index in [0.717, 1.165) is 38.5 Å². The van der Waals surface area contributed by atoms with Crippen molar-refractivity contribution in [1.29, 1.82) is 0 Å². The number of aryl methyl sites for hydroxylation is 1. The number of nitrogens with zero attached hydrogens (tertiary/aromatic N) is 7. The van der Waals surface area contributed by atoms with Crippen LogP contribution < -0.4 is 20.1 Å². The predicted octanol–water partition coefficient (Wildman–Crippen LogP) is 6.90. The van der Waals surface area contributed by atoms with Crippen molar-refractivity contribution in [3.63, 3.8) is 0 Å². The van der Waals surface area contributed by atoms with Crippen LogP contribution in [-0.2, 0) is 6.18 Å². The van der Waals surface area contributed by atoms with Crippen LogP contribution in [0.1, 0.15) is 68.7 Å². The number of nitrogens with two attached hydrogens (primary N) is 1. The van der Waals surface area contributed by atoms with Gasteiger partial charge in [-0.05, 0) is 82.5 Å². The molecule has 3 aliphatic heterocycles. The van der Waals surface area contributed by atoms with E-state index in [1.807, 2.05) is 6.92 Å². The van der Waals surface area contributed by atoms with Gasteiger partial charge in [0.1, 0.15) is 47.3 Å². The number of nitrogens with one attached hydrogen (secondary N) is 1. The number of benzene rings is 1. The molecule has 3 fully saturated rings. The van der Waals surface area contributed by atoms with Crippen LogP contribution in [-0.4, -0.2) is 72.9 Å². The number of H-pyrrole nitrogens is 1. The van der Waals surface area contributed by atoms with Gasteiger partial charge in [-0.2, -0.15) is 28.2 Å². The van der Waals surface area contributed by atoms with Gasteiger partial charge in [-0.25, -0.2) is 18.7 Å². The number of aromatic amines is 1. The summed E-state index contributed by atoms with van der Waals surface area (Å²) in [5, 5.41) is 6.72. The highest BCUT2D eigenvalue weighted by Gasteiger charge is 2.60. The summed E-state index contributed by atoms with van der Waals surface area (Å²) in [6.07, 6.45) is 2.68. The Balaban J connectivity index is 1.26. The molecule has 9 rings (SSSR count). The van der Waals surface area contributed by atoms with Gasteiger partial charge < -0.3 is 20.1 Å². The van der Waals surface area contributed by atoms with Crippen LogP contribution in [0.25, 0.3) is 33.1 Å². The van der Waals surface area contributed by atoms with Gasteiger partial charge >= 0.3 is 12.2 Å². The van der Waals surface area contributed by atoms with Crippen LogP contribution in [0.5, 0.6) is 11.9 Å². The average Bonchev–Trinajstić information content (AvgIpc) is 3.38. The molecule has 7 heterocycles. The van der Waals surface area contributed by atoms with Crippen molar-refractivity contribution in [3.8, 4) is 23.1 Å². The lowest BCUT2D eigenvalue weighted by Gasteiger charge is -2.35. The molecule has 0 bridgehead atoms. The molecule has 4 aromatic heterocycles. The predicted molar refractivity (Wildman–Crippen MR) is 182 cm³/mol. The minimum atomic E-state index is -4.86. The Morgan fingerprint density at radius 1 is 1.13 bits per heavy atom. The molecule has 0 amide bonds. The van der Waals surface area contributed by atoms with Crippen molar-refractivity contribution < 1.29 is 31.4 Å². The molecule has 1 spiro atoms. The van der Waals surface area contributed by atoms with E-state index < -0.39 is 46.7 Å². The third kappa shape index (κ3) is 5.04. The van der Waals surface area contributed by atoms with E-state index in [0.29, 0.717) is 11.0 Å². The Morgan fingerprint density at radius 2 is 1.94 bits per heavy atom. The van der Waals surface area contributed by atoms with Crippen LogP contribution >= 0.6 is 0 Å². The third-order valence-electron chi connectivity index (χ3n) is 11.5. The molecule has 1 aliphatic carbocycles. The first-order valence-corrected chi connectivity index (χ1v) is 17.4. The molecule has 4 aliphatic rings. The standard InChI is InChI=1S/C36H36F5N9O2/c1-17-9-23-22(12-44-48-23)24(26(17)36(39,40)41)28-27(38)29-25-31(47-33(46-29)52-16-35-5-4-8-49(35)15-34(14-35)6-7-34)50(18(2)13-51-32(25)45-28)19(3)21-10-20(37)11-43-30(21)42/h9-12,18-19H,4-8,13-16H2,1-3H3,(H2,42,43)(H,44,48)/t18-,19?,35?/m0/s1. The molecular formula is C36H36F5N9O2. The van der Waals surface area contributed by atoms with Gasteiger partial charge in [0.2, 0.25) is 5.88 Å². The SMILES string of the molecule is Cc1cc2[nH]ncc2c(-c2nc3c4c(nc(OCC56CCCN5CC5(CC5)C6)nc4c2F)N(C(C)c2cc(F)cnc2N)[C@@H](C)CO3)c1C(F)(F)F. The van der Waals surface area contributed by atoms with E-state index in [9.17, 15) is 17.6 Å². The molecule has 52 heavy (non-hydrogen) atoms. The van der Waals surface area contributed by atoms with E-state index >= 15 is 4.39 Å². The molecule has 0 radical (unpaired) electrons. The molecular weight excluding hydrogens is 685 g/mol.